The van der Waals surface area contributed by atoms with Gasteiger partial charge in [-0.2, -0.15) is 0 Å². The second-order valence-electron chi connectivity index (χ2n) is 5.02. The molecule has 2 nitrogen and oxygen atoms in total. The third kappa shape index (κ3) is 3.84. The van der Waals surface area contributed by atoms with E-state index in [9.17, 15) is 4.79 Å². The molecule has 0 N–H and O–H groups in total. The zero-order chi connectivity index (χ0) is 12.1. The van der Waals surface area contributed by atoms with Crippen molar-refractivity contribution in [2.24, 2.45) is 5.92 Å². The predicted octanol–water partition coefficient (Wildman–Crippen LogP) is 3.33. The van der Waals surface area contributed by atoms with Crippen molar-refractivity contribution in [3.63, 3.8) is 0 Å². The summed E-state index contributed by atoms with van der Waals surface area (Å²) in [5, 5.41) is 2.10. The highest BCUT2D eigenvalue weighted by Gasteiger charge is 2.20. The number of carbonyl (C=O) groups is 1. The molecule has 0 aromatic carbocycles. The Morgan fingerprint density at radius 1 is 1.59 bits per heavy atom. The van der Waals surface area contributed by atoms with E-state index in [1.165, 1.54) is 17.7 Å². The molecule has 94 valence electrons. The van der Waals surface area contributed by atoms with Crippen LogP contribution >= 0.6 is 11.3 Å². The van der Waals surface area contributed by atoms with Gasteiger partial charge in [-0.1, -0.05) is 13.0 Å². The highest BCUT2D eigenvalue weighted by Crippen LogP contribution is 2.17. The van der Waals surface area contributed by atoms with Crippen molar-refractivity contribution in [2.45, 2.75) is 39.0 Å². The van der Waals surface area contributed by atoms with E-state index in [4.69, 9.17) is 0 Å². The second kappa shape index (κ2) is 6.20. The smallest absolute Gasteiger partial charge is 0.222 e. The molecule has 3 heteroatoms. The fraction of sp³-hybridized carbons (Fsp3) is 0.643. The van der Waals surface area contributed by atoms with Gasteiger partial charge in [-0.05, 0) is 43.0 Å². The maximum atomic E-state index is 12.0. The first-order chi connectivity index (χ1) is 8.25. The first-order valence-electron chi connectivity index (χ1n) is 6.56. The highest BCUT2D eigenvalue weighted by molar-refractivity contribution is 7.09. The van der Waals surface area contributed by atoms with Gasteiger partial charge in [-0.15, -0.1) is 11.3 Å². The van der Waals surface area contributed by atoms with Crippen LogP contribution in [-0.2, 0) is 11.2 Å². The molecule has 0 saturated carbocycles. The number of hydrogen-bond donors (Lipinski definition) is 0. The highest BCUT2D eigenvalue weighted by atomic mass is 32.1. The van der Waals surface area contributed by atoms with Crippen LogP contribution in [0.15, 0.2) is 17.5 Å². The number of thiophene rings is 1. The van der Waals surface area contributed by atoms with Gasteiger partial charge in [0, 0.05) is 24.4 Å². The van der Waals surface area contributed by atoms with Gasteiger partial charge < -0.3 is 4.90 Å². The van der Waals surface area contributed by atoms with E-state index < -0.39 is 0 Å². The first-order valence-corrected chi connectivity index (χ1v) is 7.44. The van der Waals surface area contributed by atoms with Crippen molar-refractivity contribution in [1.82, 2.24) is 4.90 Å². The quantitative estimate of drug-likeness (QED) is 0.804. The number of carbonyl (C=O) groups excluding carboxylic acids is 1. The van der Waals surface area contributed by atoms with Gasteiger partial charge in [-0.25, -0.2) is 0 Å². The van der Waals surface area contributed by atoms with Gasteiger partial charge >= 0.3 is 0 Å². The molecule has 2 heterocycles. The number of likely N-dealkylation sites (tertiary alicyclic amines) is 1. The summed E-state index contributed by atoms with van der Waals surface area (Å²) in [4.78, 5) is 15.5. The molecule has 1 unspecified atom stereocenters. The van der Waals surface area contributed by atoms with E-state index in [-0.39, 0.29) is 0 Å². The van der Waals surface area contributed by atoms with Crippen molar-refractivity contribution in [3.8, 4) is 0 Å². The minimum atomic E-state index is 0.355. The van der Waals surface area contributed by atoms with Crippen molar-refractivity contribution < 1.29 is 4.79 Å². The molecule has 0 aliphatic carbocycles. The third-order valence-electron chi connectivity index (χ3n) is 3.40. The molecule has 2 rings (SSSR count). The Morgan fingerprint density at radius 3 is 3.18 bits per heavy atom. The normalized spacial score (nSPS) is 20.5. The Kier molecular flexibility index (Phi) is 4.60. The molecule has 1 fully saturated rings. The molecule has 1 saturated heterocycles. The van der Waals surface area contributed by atoms with Crippen LogP contribution in [0.2, 0.25) is 0 Å². The lowest BCUT2D eigenvalue weighted by Gasteiger charge is -2.31. The lowest BCUT2D eigenvalue weighted by Crippen LogP contribution is -2.38. The van der Waals surface area contributed by atoms with E-state index in [0.29, 0.717) is 18.2 Å². The molecule has 0 bridgehead atoms. The van der Waals surface area contributed by atoms with Crippen LogP contribution in [0.5, 0.6) is 0 Å². The zero-order valence-electron chi connectivity index (χ0n) is 10.5. The molecular weight excluding hydrogens is 230 g/mol. The Labute approximate surface area is 108 Å². The SMILES string of the molecule is CC1CCCN(C(=O)CCCc2cccs2)C1. The van der Waals surface area contributed by atoms with Gasteiger partial charge in [0.25, 0.3) is 0 Å². The van der Waals surface area contributed by atoms with Gasteiger partial charge in [0.1, 0.15) is 0 Å². The predicted molar refractivity (Wildman–Crippen MR) is 72.2 cm³/mol. The minimum absolute atomic E-state index is 0.355. The van der Waals surface area contributed by atoms with Crippen LogP contribution in [0.25, 0.3) is 0 Å². The minimum Gasteiger partial charge on any atom is -0.342 e. The summed E-state index contributed by atoms with van der Waals surface area (Å²) in [6.45, 7) is 4.19. The summed E-state index contributed by atoms with van der Waals surface area (Å²) in [5.41, 5.74) is 0. The largest absolute Gasteiger partial charge is 0.342 e. The molecule has 1 aliphatic rings. The summed E-state index contributed by atoms with van der Waals surface area (Å²) in [5.74, 6) is 1.04. The van der Waals surface area contributed by atoms with Crippen LogP contribution in [0.4, 0.5) is 0 Å². The topological polar surface area (TPSA) is 20.3 Å². The lowest BCUT2D eigenvalue weighted by molar-refractivity contribution is -0.132. The van der Waals surface area contributed by atoms with Crippen molar-refractivity contribution >= 4 is 17.2 Å². The Morgan fingerprint density at radius 2 is 2.47 bits per heavy atom. The average Bonchev–Trinajstić information content (AvgIpc) is 2.82. The number of hydrogen-bond acceptors (Lipinski definition) is 2. The van der Waals surface area contributed by atoms with E-state index >= 15 is 0 Å². The van der Waals surface area contributed by atoms with Crippen LogP contribution in [-0.4, -0.2) is 23.9 Å². The van der Waals surface area contributed by atoms with Crippen LogP contribution < -0.4 is 0 Å². The van der Waals surface area contributed by atoms with E-state index in [1.54, 1.807) is 11.3 Å². The Balaban J connectivity index is 1.70. The number of piperidine rings is 1. The van der Waals surface area contributed by atoms with Crippen LogP contribution in [0.1, 0.15) is 37.5 Å². The number of nitrogens with zero attached hydrogens (tertiary/aromatic N) is 1. The summed E-state index contributed by atoms with van der Waals surface area (Å²) in [7, 11) is 0. The molecular formula is C14H21NOS. The maximum Gasteiger partial charge on any atom is 0.222 e. The Hall–Kier alpha value is -0.830. The molecule has 1 amide bonds. The van der Waals surface area contributed by atoms with Gasteiger partial charge in [-0.3, -0.25) is 4.79 Å². The first kappa shape index (κ1) is 12.6. The second-order valence-corrected chi connectivity index (χ2v) is 6.05. The van der Waals surface area contributed by atoms with E-state index in [1.807, 2.05) is 0 Å². The van der Waals surface area contributed by atoms with Gasteiger partial charge in [0.15, 0.2) is 0 Å². The fourth-order valence-electron chi connectivity index (χ4n) is 2.44. The third-order valence-corrected chi connectivity index (χ3v) is 4.34. The van der Waals surface area contributed by atoms with Crippen molar-refractivity contribution in [2.75, 3.05) is 13.1 Å². The number of amides is 1. The van der Waals surface area contributed by atoms with Gasteiger partial charge in [0.2, 0.25) is 5.91 Å². The maximum absolute atomic E-state index is 12.0. The van der Waals surface area contributed by atoms with Crippen molar-refractivity contribution in [3.05, 3.63) is 22.4 Å². The monoisotopic (exact) mass is 251 g/mol. The lowest BCUT2D eigenvalue weighted by atomic mass is 10.00. The molecule has 17 heavy (non-hydrogen) atoms. The zero-order valence-corrected chi connectivity index (χ0v) is 11.3. The molecule has 1 atom stereocenters. The summed E-state index contributed by atoms with van der Waals surface area (Å²) in [6, 6.07) is 4.23. The number of rotatable bonds is 4. The summed E-state index contributed by atoms with van der Waals surface area (Å²) in [6.07, 6.45) is 5.21. The summed E-state index contributed by atoms with van der Waals surface area (Å²) >= 11 is 1.79. The molecule has 1 aromatic rings. The van der Waals surface area contributed by atoms with Gasteiger partial charge in [0.05, 0.1) is 0 Å². The average molecular weight is 251 g/mol. The van der Waals surface area contributed by atoms with E-state index in [0.717, 1.165) is 25.9 Å². The Bertz CT molecular complexity index is 347. The van der Waals surface area contributed by atoms with Crippen molar-refractivity contribution in [1.29, 1.82) is 0 Å². The molecule has 1 aliphatic heterocycles. The fourth-order valence-corrected chi connectivity index (χ4v) is 3.19. The molecule has 0 radical (unpaired) electrons. The van der Waals surface area contributed by atoms with E-state index in [2.05, 4.69) is 29.3 Å². The molecule has 0 spiro atoms. The summed E-state index contributed by atoms with van der Waals surface area (Å²) < 4.78 is 0. The van der Waals surface area contributed by atoms with Crippen LogP contribution in [0, 0.1) is 5.92 Å². The number of aryl methyl sites for hydroxylation is 1. The van der Waals surface area contributed by atoms with Crippen LogP contribution in [0.3, 0.4) is 0 Å². The molecule has 1 aromatic heterocycles. The standard InChI is InChI=1S/C14H21NOS/c1-12-5-3-9-15(11-12)14(16)8-2-6-13-7-4-10-17-13/h4,7,10,12H,2-3,5-6,8-9,11H2,1H3.